The molecular weight excluding hydrogens is 242 g/mol. The molecule has 0 bridgehead atoms. The number of amides is 2. The third-order valence-electron chi connectivity index (χ3n) is 2.61. The molecule has 5 nitrogen and oxygen atoms in total. The van der Waals surface area contributed by atoms with Crippen LogP contribution in [0.25, 0.3) is 0 Å². The van der Waals surface area contributed by atoms with Gasteiger partial charge in [0.1, 0.15) is 0 Å². The summed E-state index contributed by atoms with van der Waals surface area (Å²) in [5, 5.41) is 5.51. The van der Waals surface area contributed by atoms with Crippen LogP contribution in [0.2, 0.25) is 0 Å². The Morgan fingerprint density at radius 3 is 2.53 bits per heavy atom. The summed E-state index contributed by atoms with van der Waals surface area (Å²) < 4.78 is 0. The van der Waals surface area contributed by atoms with Crippen LogP contribution in [0.3, 0.4) is 0 Å². The molecule has 0 aliphatic carbocycles. The van der Waals surface area contributed by atoms with E-state index in [2.05, 4.69) is 10.6 Å². The minimum absolute atomic E-state index is 0.00567. The summed E-state index contributed by atoms with van der Waals surface area (Å²) in [6, 6.07) is 7.10. The molecule has 0 aliphatic heterocycles. The molecular formula is C14H21N3O2. The summed E-state index contributed by atoms with van der Waals surface area (Å²) in [6.45, 7) is 2.68. The molecule has 0 radical (unpaired) electrons. The van der Waals surface area contributed by atoms with E-state index in [-0.39, 0.29) is 11.8 Å². The van der Waals surface area contributed by atoms with Gasteiger partial charge in [-0.1, -0.05) is 19.1 Å². The second kappa shape index (κ2) is 8.13. The molecule has 0 spiro atoms. The van der Waals surface area contributed by atoms with Crippen LogP contribution in [0.4, 0.5) is 11.4 Å². The Morgan fingerprint density at radius 2 is 1.84 bits per heavy atom. The van der Waals surface area contributed by atoms with Gasteiger partial charge in [0.05, 0.1) is 11.4 Å². The summed E-state index contributed by atoms with van der Waals surface area (Å²) in [4.78, 5) is 23.0. The van der Waals surface area contributed by atoms with Gasteiger partial charge >= 0.3 is 0 Å². The van der Waals surface area contributed by atoms with E-state index in [4.69, 9.17) is 5.73 Å². The van der Waals surface area contributed by atoms with E-state index < -0.39 is 0 Å². The Kier molecular flexibility index (Phi) is 6.43. The number of nitrogens with one attached hydrogen (secondary N) is 2. The Hall–Kier alpha value is -2.04. The third kappa shape index (κ3) is 5.90. The van der Waals surface area contributed by atoms with Gasteiger partial charge in [-0.15, -0.1) is 0 Å². The van der Waals surface area contributed by atoms with Crippen molar-refractivity contribution in [2.24, 2.45) is 0 Å². The first kappa shape index (κ1) is 15.0. The maximum atomic E-state index is 11.7. The van der Waals surface area contributed by atoms with Crippen molar-refractivity contribution < 1.29 is 9.59 Å². The molecule has 5 heteroatoms. The molecule has 1 aromatic carbocycles. The molecule has 0 saturated heterocycles. The van der Waals surface area contributed by atoms with Gasteiger partial charge in [0.25, 0.3) is 0 Å². The van der Waals surface area contributed by atoms with Crippen LogP contribution in [0.15, 0.2) is 24.3 Å². The number of carbonyl (C=O) groups excluding carboxylic acids is 2. The van der Waals surface area contributed by atoms with Crippen molar-refractivity contribution in [2.75, 3.05) is 17.6 Å². The lowest BCUT2D eigenvalue weighted by Crippen LogP contribution is -2.24. The summed E-state index contributed by atoms with van der Waals surface area (Å²) in [6.07, 6.45) is 2.14. The highest BCUT2D eigenvalue weighted by Crippen LogP contribution is 2.17. The van der Waals surface area contributed by atoms with Crippen molar-refractivity contribution in [3.8, 4) is 0 Å². The molecule has 19 heavy (non-hydrogen) atoms. The van der Waals surface area contributed by atoms with Gasteiger partial charge in [0.2, 0.25) is 11.8 Å². The van der Waals surface area contributed by atoms with E-state index in [0.717, 1.165) is 6.42 Å². The first-order valence-corrected chi connectivity index (χ1v) is 6.54. The summed E-state index contributed by atoms with van der Waals surface area (Å²) in [5.74, 6) is -0.130. The molecule has 1 rings (SSSR count). The Bertz CT molecular complexity index is 432. The number of rotatable bonds is 7. The number of hydrogen-bond donors (Lipinski definition) is 3. The third-order valence-corrected chi connectivity index (χ3v) is 2.61. The molecule has 0 aromatic heterocycles. The van der Waals surface area contributed by atoms with Crippen molar-refractivity contribution in [1.29, 1.82) is 0 Å². The van der Waals surface area contributed by atoms with E-state index in [1.165, 1.54) is 0 Å². The maximum absolute atomic E-state index is 11.7. The SMILES string of the molecule is CCCNC(=O)CCCC(=O)Nc1ccccc1N. The maximum Gasteiger partial charge on any atom is 0.224 e. The lowest BCUT2D eigenvalue weighted by molar-refractivity contribution is -0.121. The molecule has 0 fully saturated rings. The van der Waals surface area contributed by atoms with Crippen molar-refractivity contribution >= 4 is 23.2 Å². The molecule has 0 unspecified atom stereocenters. The Labute approximate surface area is 113 Å². The quantitative estimate of drug-likeness (QED) is 0.657. The van der Waals surface area contributed by atoms with Crippen LogP contribution < -0.4 is 16.4 Å². The van der Waals surface area contributed by atoms with Crippen LogP contribution in [-0.2, 0) is 9.59 Å². The first-order valence-electron chi connectivity index (χ1n) is 6.54. The van der Waals surface area contributed by atoms with Crippen LogP contribution in [-0.4, -0.2) is 18.4 Å². The number of para-hydroxylation sites is 2. The monoisotopic (exact) mass is 263 g/mol. The molecule has 1 aromatic rings. The minimum atomic E-state index is -0.124. The minimum Gasteiger partial charge on any atom is -0.397 e. The van der Waals surface area contributed by atoms with Gasteiger partial charge in [-0.05, 0) is 25.0 Å². The highest BCUT2D eigenvalue weighted by atomic mass is 16.2. The average Bonchev–Trinajstić information content (AvgIpc) is 2.39. The van der Waals surface area contributed by atoms with E-state index in [0.29, 0.717) is 37.2 Å². The first-order chi connectivity index (χ1) is 9.13. The second-order valence-electron chi connectivity index (χ2n) is 4.34. The zero-order valence-corrected chi connectivity index (χ0v) is 11.2. The number of hydrogen-bond acceptors (Lipinski definition) is 3. The van der Waals surface area contributed by atoms with E-state index >= 15 is 0 Å². The predicted molar refractivity (Wildman–Crippen MR) is 76.6 cm³/mol. The highest BCUT2D eigenvalue weighted by Gasteiger charge is 2.06. The molecule has 0 atom stereocenters. The normalized spacial score (nSPS) is 9.95. The van der Waals surface area contributed by atoms with Gasteiger partial charge in [0.15, 0.2) is 0 Å². The molecule has 0 heterocycles. The topological polar surface area (TPSA) is 84.2 Å². The number of anilines is 2. The fourth-order valence-electron chi connectivity index (χ4n) is 1.59. The largest absolute Gasteiger partial charge is 0.397 e. The fourth-order valence-corrected chi connectivity index (χ4v) is 1.59. The summed E-state index contributed by atoms with van der Waals surface area (Å²) in [7, 11) is 0. The van der Waals surface area contributed by atoms with Crippen molar-refractivity contribution in [3.05, 3.63) is 24.3 Å². The van der Waals surface area contributed by atoms with Gasteiger partial charge in [-0.2, -0.15) is 0 Å². The Balaban J connectivity index is 2.25. The van der Waals surface area contributed by atoms with Gasteiger partial charge < -0.3 is 16.4 Å². The number of nitrogens with two attached hydrogens (primary N) is 1. The fraction of sp³-hybridized carbons (Fsp3) is 0.429. The zero-order chi connectivity index (χ0) is 14.1. The van der Waals surface area contributed by atoms with E-state index in [1.54, 1.807) is 12.1 Å². The molecule has 4 N–H and O–H groups in total. The zero-order valence-electron chi connectivity index (χ0n) is 11.2. The van der Waals surface area contributed by atoms with E-state index in [9.17, 15) is 9.59 Å². The van der Waals surface area contributed by atoms with Crippen LogP contribution in [0.5, 0.6) is 0 Å². The predicted octanol–water partition coefficient (Wildman–Crippen LogP) is 1.90. The molecule has 2 amide bonds. The molecule has 0 saturated carbocycles. The number of nitrogen functional groups attached to an aromatic ring is 1. The van der Waals surface area contributed by atoms with Crippen LogP contribution in [0.1, 0.15) is 32.6 Å². The second-order valence-corrected chi connectivity index (χ2v) is 4.34. The van der Waals surface area contributed by atoms with Gasteiger partial charge in [0, 0.05) is 19.4 Å². The van der Waals surface area contributed by atoms with Crippen molar-refractivity contribution in [2.45, 2.75) is 32.6 Å². The molecule has 104 valence electrons. The van der Waals surface area contributed by atoms with Gasteiger partial charge in [-0.25, -0.2) is 0 Å². The number of carbonyl (C=O) groups is 2. The summed E-state index contributed by atoms with van der Waals surface area (Å²) in [5.41, 5.74) is 6.87. The lowest BCUT2D eigenvalue weighted by Gasteiger charge is -2.07. The Morgan fingerprint density at radius 1 is 1.16 bits per heavy atom. The van der Waals surface area contributed by atoms with Gasteiger partial charge in [-0.3, -0.25) is 9.59 Å². The highest BCUT2D eigenvalue weighted by molar-refractivity contribution is 5.93. The standard InChI is InChI=1S/C14H21N3O2/c1-2-10-16-13(18)8-5-9-14(19)17-12-7-4-3-6-11(12)15/h3-4,6-7H,2,5,8-10,15H2,1H3,(H,16,18)(H,17,19). The van der Waals surface area contributed by atoms with Crippen LogP contribution >= 0.6 is 0 Å². The van der Waals surface area contributed by atoms with Crippen molar-refractivity contribution in [1.82, 2.24) is 5.32 Å². The average molecular weight is 263 g/mol. The summed E-state index contributed by atoms with van der Waals surface area (Å²) >= 11 is 0. The van der Waals surface area contributed by atoms with Crippen molar-refractivity contribution in [3.63, 3.8) is 0 Å². The van der Waals surface area contributed by atoms with Crippen LogP contribution in [0, 0.1) is 0 Å². The molecule has 0 aliphatic rings. The lowest BCUT2D eigenvalue weighted by atomic mass is 10.2. The smallest absolute Gasteiger partial charge is 0.224 e. The van der Waals surface area contributed by atoms with E-state index in [1.807, 2.05) is 19.1 Å². The number of benzene rings is 1.